The van der Waals surface area contributed by atoms with Crippen LogP contribution in [0.3, 0.4) is 0 Å². The molecule has 0 atom stereocenters. The number of benzene rings is 1. The van der Waals surface area contributed by atoms with Crippen LogP contribution < -0.4 is 4.74 Å². The molecule has 3 nitrogen and oxygen atoms in total. The Bertz CT molecular complexity index is 540. The number of methoxy groups -OCH3 is 1. The lowest BCUT2D eigenvalue weighted by Gasteiger charge is -2.05. The molecule has 0 spiro atoms. The van der Waals surface area contributed by atoms with Crippen molar-refractivity contribution in [3.63, 3.8) is 0 Å². The third kappa shape index (κ3) is 2.53. The summed E-state index contributed by atoms with van der Waals surface area (Å²) in [5.41, 5.74) is 1.00. The van der Waals surface area contributed by atoms with Gasteiger partial charge in [0, 0.05) is 16.2 Å². The molecule has 0 fully saturated rings. The first kappa shape index (κ1) is 11.8. The Balaban J connectivity index is 2.38. The topological polar surface area (TPSA) is 39.2 Å². The Labute approximate surface area is 108 Å². The van der Waals surface area contributed by atoms with Crippen molar-refractivity contribution < 1.29 is 9.53 Å². The zero-order valence-corrected chi connectivity index (χ0v) is 10.8. The van der Waals surface area contributed by atoms with E-state index in [1.807, 2.05) is 0 Å². The van der Waals surface area contributed by atoms with E-state index >= 15 is 0 Å². The highest BCUT2D eigenvalue weighted by atomic mass is 79.9. The molecule has 0 aliphatic carbocycles. The fourth-order valence-electron chi connectivity index (χ4n) is 1.44. The molecule has 17 heavy (non-hydrogen) atoms. The Morgan fingerprint density at radius 1 is 1.29 bits per heavy atom. The van der Waals surface area contributed by atoms with Gasteiger partial charge in [-0.25, -0.2) is 0 Å². The molecule has 0 saturated heterocycles. The summed E-state index contributed by atoms with van der Waals surface area (Å²) >= 11 is 3.36. The molecule has 1 heterocycles. The van der Waals surface area contributed by atoms with Gasteiger partial charge >= 0.3 is 0 Å². The second-order valence-corrected chi connectivity index (χ2v) is 4.24. The van der Waals surface area contributed by atoms with Gasteiger partial charge in [0.1, 0.15) is 11.4 Å². The molecule has 1 aromatic heterocycles. The summed E-state index contributed by atoms with van der Waals surface area (Å²) < 4.78 is 5.78. The van der Waals surface area contributed by atoms with Gasteiger partial charge in [0.05, 0.1) is 7.11 Å². The summed E-state index contributed by atoms with van der Waals surface area (Å²) in [7, 11) is 1.59. The zero-order valence-electron chi connectivity index (χ0n) is 9.18. The molecule has 2 rings (SSSR count). The van der Waals surface area contributed by atoms with Crippen LogP contribution >= 0.6 is 15.9 Å². The minimum Gasteiger partial charge on any atom is -0.497 e. The molecule has 0 aliphatic heterocycles. The number of rotatable bonds is 3. The number of hydrogen-bond donors (Lipinski definition) is 0. The molecule has 4 heteroatoms. The van der Waals surface area contributed by atoms with E-state index in [9.17, 15) is 4.79 Å². The van der Waals surface area contributed by atoms with Crippen molar-refractivity contribution in [1.29, 1.82) is 0 Å². The quantitative estimate of drug-likeness (QED) is 0.816. The summed E-state index contributed by atoms with van der Waals surface area (Å²) in [6, 6.07) is 10.5. The van der Waals surface area contributed by atoms with E-state index in [4.69, 9.17) is 4.74 Å². The number of carbonyl (C=O) groups is 1. The van der Waals surface area contributed by atoms with Crippen LogP contribution in [-0.2, 0) is 0 Å². The second kappa shape index (κ2) is 5.10. The van der Waals surface area contributed by atoms with Crippen molar-refractivity contribution in [2.75, 3.05) is 7.11 Å². The summed E-state index contributed by atoms with van der Waals surface area (Å²) in [6.07, 6.45) is 1.60. The third-order valence-corrected chi connectivity index (χ3v) is 2.97. The molecule has 86 valence electrons. The van der Waals surface area contributed by atoms with Gasteiger partial charge in [-0.3, -0.25) is 9.78 Å². The van der Waals surface area contributed by atoms with E-state index in [2.05, 4.69) is 20.9 Å². The predicted octanol–water partition coefficient (Wildman–Crippen LogP) is 3.08. The molecular weight excluding hydrogens is 282 g/mol. The Kier molecular flexibility index (Phi) is 3.54. The van der Waals surface area contributed by atoms with Crippen LogP contribution in [0.5, 0.6) is 5.75 Å². The smallest absolute Gasteiger partial charge is 0.212 e. The lowest BCUT2D eigenvalue weighted by molar-refractivity contribution is 0.103. The average molecular weight is 292 g/mol. The van der Waals surface area contributed by atoms with E-state index in [1.165, 1.54) is 0 Å². The summed E-state index contributed by atoms with van der Waals surface area (Å²) in [5, 5.41) is 0. The summed E-state index contributed by atoms with van der Waals surface area (Å²) in [6.45, 7) is 0. The van der Waals surface area contributed by atoms with Gasteiger partial charge in [0.15, 0.2) is 0 Å². The molecule has 0 aliphatic rings. The van der Waals surface area contributed by atoms with E-state index in [0.717, 1.165) is 0 Å². The molecule has 0 radical (unpaired) electrons. The first-order valence-corrected chi connectivity index (χ1v) is 5.81. The normalized spacial score (nSPS) is 10.0. The van der Waals surface area contributed by atoms with Gasteiger partial charge in [-0.05, 0) is 46.3 Å². The average Bonchev–Trinajstić information content (AvgIpc) is 2.39. The molecule has 0 N–H and O–H groups in total. The van der Waals surface area contributed by atoms with Crippen molar-refractivity contribution >= 4 is 21.7 Å². The first-order valence-electron chi connectivity index (χ1n) is 5.01. The molecule has 0 unspecified atom stereocenters. The highest BCUT2D eigenvalue weighted by Gasteiger charge is 2.13. The number of pyridine rings is 1. The van der Waals surface area contributed by atoms with Gasteiger partial charge in [-0.1, -0.05) is 6.07 Å². The predicted molar refractivity (Wildman–Crippen MR) is 68.4 cm³/mol. The van der Waals surface area contributed by atoms with E-state index in [0.29, 0.717) is 21.5 Å². The van der Waals surface area contributed by atoms with Crippen LogP contribution in [0.1, 0.15) is 16.1 Å². The van der Waals surface area contributed by atoms with Crippen molar-refractivity contribution in [2.45, 2.75) is 0 Å². The Morgan fingerprint density at radius 2 is 2.12 bits per heavy atom. The Hall–Kier alpha value is -1.68. The fraction of sp³-hybridized carbons (Fsp3) is 0.0769. The standard InChI is InChI=1S/C13H10BrNO2/c1-17-9-5-6-10(11(14)8-9)13(16)12-4-2-3-7-15-12/h2-8H,1H3. The molecule has 2 aromatic rings. The largest absolute Gasteiger partial charge is 0.497 e. The minimum absolute atomic E-state index is 0.111. The minimum atomic E-state index is -0.111. The second-order valence-electron chi connectivity index (χ2n) is 3.39. The van der Waals surface area contributed by atoms with Gasteiger partial charge < -0.3 is 4.74 Å². The number of halogens is 1. The van der Waals surface area contributed by atoms with Crippen molar-refractivity contribution in [3.05, 3.63) is 58.3 Å². The number of ketones is 1. The summed E-state index contributed by atoms with van der Waals surface area (Å²) in [4.78, 5) is 16.2. The van der Waals surface area contributed by atoms with Gasteiger partial charge in [0.2, 0.25) is 5.78 Å². The van der Waals surface area contributed by atoms with Gasteiger partial charge in [0.25, 0.3) is 0 Å². The molecule has 0 saturated carbocycles. The highest BCUT2D eigenvalue weighted by Crippen LogP contribution is 2.24. The maximum atomic E-state index is 12.1. The monoisotopic (exact) mass is 291 g/mol. The number of nitrogens with zero attached hydrogens (tertiary/aromatic N) is 1. The van der Waals surface area contributed by atoms with Crippen molar-refractivity contribution in [3.8, 4) is 5.75 Å². The molecule has 0 amide bonds. The molecule has 0 bridgehead atoms. The maximum absolute atomic E-state index is 12.1. The fourth-order valence-corrected chi connectivity index (χ4v) is 1.98. The van der Waals surface area contributed by atoms with Gasteiger partial charge in [-0.15, -0.1) is 0 Å². The van der Waals surface area contributed by atoms with Crippen LogP contribution in [-0.4, -0.2) is 17.9 Å². The van der Waals surface area contributed by atoms with Crippen LogP contribution in [0.15, 0.2) is 47.1 Å². The van der Waals surface area contributed by atoms with Gasteiger partial charge in [-0.2, -0.15) is 0 Å². The van der Waals surface area contributed by atoms with E-state index in [-0.39, 0.29) is 5.78 Å². The van der Waals surface area contributed by atoms with Crippen LogP contribution in [0.4, 0.5) is 0 Å². The Morgan fingerprint density at radius 3 is 2.71 bits per heavy atom. The summed E-state index contributed by atoms with van der Waals surface area (Å²) in [5.74, 6) is 0.592. The van der Waals surface area contributed by atoms with Crippen LogP contribution in [0, 0.1) is 0 Å². The first-order chi connectivity index (χ1) is 8.22. The lowest BCUT2D eigenvalue weighted by Crippen LogP contribution is -2.04. The molecule has 1 aromatic carbocycles. The number of ether oxygens (including phenoxy) is 1. The van der Waals surface area contributed by atoms with E-state index in [1.54, 1.807) is 49.7 Å². The number of carbonyl (C=O) groups excluding carboxylic acids is 1. The van der Waals surface area contributed by atoms with Crippen molar-refractivity contribution in [1.82, 2.24) is 4.98 Å². The number of aromatic nitrogens is 1. The third-order valence-electron chi connectivity index (χ3n) is 2.32. The maximum Gasteiger partial charge on any atom is 0.212 e. The zero-order chi connectivity index (χ0) is 12.3. The molecular formula is C13H10BrNO2. The van der Waals surface area contributed by atoms with E-state index < -0.39 is 0 Å². The van der Waals surface area contributed by atoms with Crippen molar-refractivity contribution in [2.24, 2.45) is 0 Å². The SMILES string of the molecule is COc1ccc(C(=O)c2ccccn2)c(Br)c1. The van der Waals surface area contributed by atoms with Crippen LogP contribution in [0.2, 0.25) is 0 Å². The number of hydrogen-bond acceptors (Lipinski definition) is 3. The highest BCUT2D eigenvalue weighted by molar-refractivity contribution is 9.10. The van der Waals surface area contributed by atoms with Crippen LogP contribution in [0.25, 0.3) is 0 Å². The lowest BCUT2D eigenvalue weighted by atomic mass is 10.1.